The van der Waals surface area contributed by atoms with Crippen molar-refractivity contribution in [2.75, 3.05) is 19.5 Å². The third-order valence-electron chi connectivity index (χ3n) is 4.51. The van der Waals surface area contributed by atoms with E-state index in [9.17, 15) is 4.79 Å². The number of rotatable bonds is 4. The third-order valence-corrected chi connectivity index (χ3v) is 4.51. The first-order chi connectivity index (χ1) is 12.6. The van der Waals surface area contributed by atoms with Gasteiger partial charge in [-0.3, -0.25) is 14.5 Å². The summed E-state index contributed by atoms with van der Waals surface area (Å²) in [5.41, 5.74) is 4.97. The van der Waals surface area contributed by atoms with Gasteiger partial charge in [0, 0.05) is 30.8 Å². The van der Waals surface area contributed by atoms with Gasteiger partial charge in [0.2, 0.25) is 0 Å². The van der Waals surface area contributed by atoms with Crippen LogP contribution in [0.4, 0.5) is 5.69 Å². The van der Waals surface area contributed by atoms with Crippen LogP contribution in [-0.4, -0.2) is 34.9 Å². The molecular formula is C19H18N4O3. The highest BCUT2D eigenvalue weighted by Gasteiger charge is 2.31. The molecule has 1 aromatic carbocycles. The number of benzene rings is 1. The average molecular weight is 350 g/mol. The second kappa shape index (κ2) is 6.18. The standard InChI is InChI=1S/C19H18N4O3/c1-23-18-13-9-16(26-3)15(25-2)8-11(13)7-14(18)17(22-23)19(24)21-12-5-4-6-20-10-12/h4-6,8-10H,7H2,1-3H3,(H,21,24). The Kier molecular flexibility index (Phi) is 3.84. The van der Waals surface area contributed by atoms with Crippen molar-refractivity contribution in [1.82, 2.24) is 14.8 Å². The highest BCUT2D eigenvalue weighted by molar-refractivity contribution is 6.05. The summed E-state index contributed by atoms with van der Waals surface area (Å²) in [6.45, 7) is 0. The predicted octanol–water partition coefficient (Wildman–Crippen LogP) is 2.66. The lowest BCUT2D eigenvalue weighted by Gasteiger charge is -2.11. The van der Waals surface area contributed by atoms with Gasteiger partial charge in [-0.1, -0.05) is 0 Å². The minimum Gasteiger partial charge on any atom is -0.493 e. The summed E-state index contributed by atoms with van der Waals surface area (Å²) in [5, 5.41) is 7.28. The van der Waals surface area contributed by atoms with Crippen LogP contribution in [0.5, 0.6) is 11.5 Å². The maximum Gasteiger partial charge on any atom is 0.276 e. The van der Waals surface area contributed by atoms with Crippen LogP contribution in [0.25, 0.3) is 11.3 Å². The second-order valence-electron chi connectivity index (χ2n) is 6.04. The summed E-state index contributed by atoms with van der Waals surface area (Å²) in [6, 6.07) is 7.45. The molecule has 132 valence electrons. The Bertz CT molecular complexity index is 996. The lowest BCUT2D eigenvalue weighted by atomic mass is 10.1. The van der Waals surface area contributed by atoms with Crippen molar-refractivity contribution in [3.8, 4) is 22.8 Å². The monoisotopic (exact) mass is 350 g/mol. The number of hydrogen-bond acceptors (Lipinski definition) is 5. The smallest absolute Gasteiger partial charge is 0.276 e. The van der Waals surface area contributed by atoms with Crippen LogP contribution in [-0.2, 0) is 13.5 Å². The molecule has 1 amide bonds. The number of hydrogen-bond donors (Lipinski definition) is 1. The molecule has 1 aliphatic rings. The minimum absolute atomic E-state index is 0.249. The van der Waals surface area contributed by atoms with E-state index in [0.717, 1.165) is 22.4 Å². The lowest BCUT2D eigenvalue weighted by Crippen LogP contribution is -2.15. The van der Waals surface area contributed by atoms with Crippen LogP contribution in [0.3, 0.4) is 0 Å². The molecule has 0 aliphatic heterocycles. The van der Waals surface area contributed by atoms with Gasteiger partial charge in [0.05, 0.1) is 31.8 Å². The van der Waals surface area contributed by atoms with Gasteiger partial charge in [0.25, 0.3) is 5.91 Å². The molecule has 7 heteroatoms. The number of aromatic nitrogens is 3. The van der Waals surface area contributed by atoms with Crippen LogP contribution < -0.4 is 14.8 Å². The van der Waals surface area contributed by atoms with Gasteiger partial charge in [-0.15, -0.1) is 0 Å². The largest absolute Gasteiger partial charge is 0.493 e. The molecule has 0 spiro atoms. The van der Waals surface area contributed by atoms with Crippen LogP contribution in [0.1, 0.15) is 21.6 Å². The van der Waals surface area contributed by atoms with E-state index in [1.807, 2.05) is 19.2 Å². The van der Waals surface area contributed by atoms with Gasteiger partial charge < -0.3 is 14.8 Å². The fourth-order valence-corrected chi connectivity index (χ4v) is 3.36. The third kappa shape index (κ3) is 2.48. The van der Waals surface area contributed by atoms with E-state index in [2.05, 4.69) is 15.4 Å². The first-order valence-corrected chi connectivity index (χ1v) is 8.15. The van der Waals surface area contributed by atoms with Gasteiger partial charge >= 0.3 is 0 Å². The first-order valence-electron chi connectivity index (χ1n) is 8.15. The molecule has 1 N–H and O–H groups in total. The molecule has 7 nitrogen and oxygen atoms in total. The number of nitrogens with zero attached hydrogens (tertiary/aromatic N) is 3. The number of pyridine rings is 1. The molecule has 0 unspecified atom stereocenters. The van der Waals surface area contributed by atoms with Gasteiger partial charge in [0.15, 0.2) is 17.2 Å². The van der Waals surface area contributed by atoms with Crippen LogP contribution in [0.2, 0.25) is 0 Å². The zero-order chi connectivity index (χ0) is 18.3. The molecule has 2 aromatic heterocycles. The van der Waals surface area contributed by atoms with Crippen molar-refractivity contribution in [1.29, 1.82) is 0 Å². The normalized spacial score (nSPS) is 11.7. The molecule has 3 aromatic rings. The molecule has 0 saturated heterocycles. The van der Waals surface area contributed by atoms with Crippen molar-refractivity contribution in [3.63, 3.8) is 0 Å². The Morgan fingerprint density at radius 3 is 2.69 bits per heavy atom. The van der Waals surface area contributed by atoms with Crippen molar-refractivity contribution >= 4 is 11.6 Å². The van der Waals surface area contributed by atoms with E-state index in [-0.39, 0.29) is 5.91 Å². The van der Waals surface area contributed by atoms with E-state index in [0.29, 0.717) is 29.3 Å². The van der Waals surface area contributed by atoms with E-state index in [4.69, 9.17) is 9.47 Å². The SMILES string of the molecule is COc1cc2c(cc1OC)-c1c(c(C(=O)Nc3cccnc3)nn1C)C2. The Balaban J connectivity index is 1.74. The summed E-state index contributed by atoms with van der Waals surface area (Å²) in [7, 11) is 5.06. The summed E-state index contributed by atoms with van der Waals surface area (Å²) < 4.78 is 12.5. The minimum atomic E-state index is -0.249. The van der Waals surface area contributed by atoms with Crippen molar-refractivity contribution in [3.05, 3.63) is 53.5 Å². The quantitative estimate of drug-likeness (QED) is 0.612. The maximum atomic E-state index is 12.7. The molecule has 1 aliphatic carbocycles. The number of ether oxygens (including phenoxy) is 2. The Hall–Kier alpha value is -3.35. The van der Waals surface area contributed by atoms with E-state index >= 15 is 0 Å². The number of nitrogens with one attached hydrogen (secondary N) is 1. The Labute approximate surface area is 150 Å². The van der Waals surface area contributed by atoms with Gasteiger partial charge in [-0.2, -0.15) is 5.10 Å². The summed E-state index contributed by atoms with van der Waals surface area (Å²) >= 11 is 0. The average Bonchev–Trinajstić information content (AvgIpc) is 3.18. The number of carbonyl (C=O) groups is 1. The van der Waals surface area contributed by atoms with E-state index in [1.165, 1.54) is 0 Å². The molecule has 0 atom stereocenters. The second-order valence-corrected chi connectivity index (χ2v) is 6.04. The summed E-state index contributed by atoms with van der Waals surface area (Å²) in [5.74, 6) is 1.08. The van der Waals surface area contributed by atoms with Crippen molar-refractivity contribution < 1.29 is 14.3 Å². The zero-order valence-electron chi connectivity index (χ0n) is 14.7. The van der Waals surface area contributed by atoms with E-state index < -0.39 is 0 Å². The van der Waals surface area contributed by atoms with E-state index in [1.54, 1.807) is 43.4 Å². The van der Waals surface area contributed by atoms with Crippen molar-refractivity contribution in [2.24, 2.45) is 7.05 Å². The summed E-state index contributed by atoms with van der Waals surface area (Å²) in [6.07, 6.45) is 3.88. The van der Waals surface area contributed by atoms with Gasteiger partial charge in [-0.25, -0.2) is 0 Å². The fraction of sp³-hybridized carbons (Fsp3) is 0.211. The zero-order valence-corrected chi connectivity index (χ0v) is 14.7. The van der Waals surface area contributed by atoms with Crippen LogP contribution in [0, 0.1) is 0 Å². The Morgan fingerprint density at radius 2 is 2.00 bits per heavy atom. The number of methoxy groups -OCH3 is 2. The molecule has 0 bridgehead atoms. The predicted molar refractivity (Wildman–Crippen MR) is 96.7 cm³/mol. The highest BCUT2D eigenvalue weighted by atomic mass is 16.5. The number of anilines is 1. The lowest BCUT2D eigenvalue weighted by molar-refractivity contribution is 0.102. The molecule has 0 radical (unpaired) electrons. The molecule has 0 saturated carbocycles. The van der Waals surface area contributed by atoms with Crippen molar-refractivity contribution in [2.45, 2.75) is 6.42 Å². The number of fused-ring (bicyclic) bond motifs is 3. The number of aryl methyl sites for hydroxylation is 1. The molecule has 0 fully saturated rings. The van der Waals surface area contributed by atoms with Crippen LogP contribution >= 0.6 is 0 Å². The molecule has 4 rings (SSSR count). The summed E-state index contributed by atoms with van der Waals surface area (Å²) in [4.78, 5) is 16.7. The van der Waals surface area contributed by atoms with Crippen LogP contribution in [0.15, 0.2) is 36.7 Å². The maximum absolute atomic E-state index is 12.7. The molecule has 2 heterocycles. The van der Waals surface area contributed by atoms with Gasteiger partial charge in [-0.05, 0) is 29.8 Å². The fourth-order valence-electron chi connectivity index (χ4n) is 3.36. The first kappa shape index (κ1) is 16.1. The topological polar surface area (TPSA) is 78.3 Å². The number of amides is 1. The number of carbonyl (C=O) groups excluding carboxylic acids is 1. The Morgan fingerprint density at radius 1 is 1.23 bits per heavy atom. The van der Waals surface area contributed by atoms with Gasteiger partial charge in [0.1, 0.15) is 0 Å². The highest BCUT2D eigenvalue weighted by Crippen LogP contribution is 2.43. The molecule has 26 heavy (non-hydrogen) atoms. The molecular weight excluding hydrogens is 332 g/mol.